The summed E-state index contributed by atoms with van der Waals surface area (Å²) in [7, 11) is 3.75. The summed E-state index contributed by atoms with van der Waals surface area (Å²) in [6, 6.07) is 14.1. The molecule has 23 heavy (non-hydrogen) atoms. The minimum absolute atomic E-state index is 0.774. The molecular formula is C19H20N2O2. The molecule has 4 heteroatoms. The van der Waals surface area contributed by atoms with Crippen molar-refractivity contribution in [2.75, 3.05) is 14.2 Å². The Hall–Kier alpha value is -2.59. The van der Waals surface area contributed by atoms with Crippen molar-refractivity contribution in [3.8, 4) is 16.9 Å². The number of hydrogen-bond acceptors (Lipinski definition) is 4. The summed E-state index contributed by atoms with van der Waals surface area (Å²) in [6.07, 6.45) is 5.49. The largest absolute Gasteiger partial charge is 0.497 e. The van der Waals surface area contributed by atoms with E-state index < -0.39 is 0 Å². The summed E-state index contributed by atoms with van der Waals surface area (Å²) in [6.45, 7) is 1.59. The van der Waals surface area contributed by atoms with Gasteiger partial charge in [-0.1, -0.05) is 12.1 Å². The van der Waals surface area contributed by atoms with E-state index in [4.69, 9.17) is 9.15 Å². The molecule has 0 aliphatic heterocycles. The number of furan rings is 1. The molecule has 0 atom stereocenters. The Morgan fingerprint density at radius 1 is 1.04 bits per heavy atom. The van der Waals surface area contributed by atoms with Crippen molar-refractivity contribution in [2.24, 2.45) is 0 Å². The summed E-state index contributed by atoms with van der Waals surface area (Å²) in [5, 5.41) is 0. The third-order valence-corrected chi connectivity index (χ3v) is 3.66. The average Bonchev–Trinajstić information content (AvgIpc) is 3.08. The highest BCUT2D eigenvalue weighted by Crippen LogP contribution is 2.24. The van der Waals surface area contributed by atoms with Gasteiger partial charge < -0.3 is 9.15 Å². The number of hydrogen-bond donors (Lipinski definition) is 0. The first-order valence-electron chi connectivity index (χ1n) is 7.54. The van der Waals surface area contributed by atoms with Gasteiger partial charge >= 0.3 is 0 Å². The highest BCUT2D eigenvalue weighted by Gasteiger charge is 2.06. The quantitative estimate of drug-likeness (QED) is 0.690. The third kappa shape index (κ3) is 3.99. The Labute approximate surface area is 136 Å². The van der Waals surface area contributed by atoms with Gasteiger partial charge in [0.25, 0.3) is 0 Å². The zero-order valence-electron chi connectivity index (χ0n) is 13.4. The maximum atomic E-state index is 5.39. The molecule has 2 aromatic heterocycles. The molecule has 118 valence electrons. The minimum Gasteiger partial charge on any atom is -0.497 e. The Morgan fingerprint density at radius 3 is 2.74 bits per heavy atom. The monoisotopic (exact) mass is 308 g/mol. The van der Waals surface area contributed by atoms with E-state index >= 15 is 0 Å². The van der Waals surface area contributed by atoms with Crippen LogP contribution in [0.2, 0.25) is 0 Å². The first-order valence-corrected chi connectivity index (χ1v) is 7.54. The van der Waals surface area contributed by atoms with Gasteiger partial charge in [-0.3, -0.25) is 9.88 Å². The molecule has 0 N–H and O–H groups in total. The lowest BCUT2D eigenvalue weighted by Crippen LogP contribution is -2.16. The second-order valence-corrected chi connectivity index (χ2v) is 5.57. The zero-order valence-corrected chi connectivity index (χ0v) is 13.4. The summed E-state index contributed by atoms with van der Waals surface area (Å²) < 4.78 is 10.7. The summed E-state index contributed by atoms with van der Waals surface area (Å²) in [5.41, 5.74) is 3.36. The smallest absolute Gasteiger partial charge is 0.119 e. The zero-order chi connectivity index (χ0) is 16.1. The van der Waals surface area contributed by atoms with Crippen molar-refractivity contribution in [1.29, 1.82) is 0 Å². The number of pyridine rings is 1. The number of nitrogens with zero attached hydrogens (tertiary/aromatic N) is 2. The molecule has 0 unspecified atom stereocenters. The highest BCUT2D eigenvalue weighted by atomic mass is 16.5. The summed E-state index contributed by atoms with van der Waals surface area (Å²) >= 11 is 0. The van der Waals surface area contributed by atoms with Crippen LogP contribution >= 0.6 is 0 Å². The third-order valence-electron chi connectivity index (χ3n) is 3.66. The van der Waals surface area contributed by atoms with Crippen molar-refractivity contribution < 1.29 is 9.15 Å². The molecule has 0 aliphatic carbocycles. The fourth-order valence-corrected chi connectivity index (χ4v) is 2.57. The van der Waals surface area contributed by atoms with Crippen LogP contribution in [0.4, 0.5) is 0 Å². The van der Waals surface area contributed by atoms with E-state index in [2.05, 4.69) is 29.1 Å². The van der Waals surface area contributed by atoms with Crippen molar-refractivity contribution in [3.05, 3.63) is 72.4 Å². The Balaban J connectivity index is 1.74. The maximum Gasteiger partial charge on any atom is 0.119 e. The number of methoxy groups -OCH3 is 1. The van der Waals surface area contributed by atoms with Crippen LogP contribution in [0.3, 0.4) is 0 Å². The van der Waals surface area contributed by atoms with E-state index in [1.54, 1.807) is 13.4 Å². The molecule has 3 rings (SSSR count). The molecule has 0 bridgehead atoms. The SMILES string of the molecule is COc1cccc(-c2cncc(CN(C)Cc3ccco3)c2)c1. The molecular weight excluding hydrogens is 288 g/mol. The van der Waals surface area contributed by atoms with Crippen LogP contribution in [0.1, 0.15) is 11.3 Å². The lowest BCUT2D eigenvalue weighted by Gasteiger charge is -2.15. The lowest BCUT2D eigenvalue weighted by atomic mass is 10.1. The predicted octanol–water partition coefficient (Wildman–Crippen LogP) is 3.98. The molecule has 2 heterocycles. The molecule has 0 spiro atoms. The Kier molecular flexibility index (Phi) is 4.74. The first-order chi connectivity index (χ1) is 11.2. The lowest BCUT2D eigenvalue weighted by molar-refractivity contribution is 0.287. The molecule has 3 aromatic rings. The van der Waals surface area contributed by atoms with Gasteiger partial charge in [0, 0.05) is 24.5 Å². The van der Waals surface area contributed by atoms with E-state index in [1.807, 2.05) is 42.7 Å². The standard InChI is InChI=1S/C19H20N2O2/c1-21(14-19-7-4-8-23-19)13-15-9-17(12-20-11-15)16-5-3-6-18(10-16)22-2/h3-12H,13-14H2,1-2H3. The van der Waals surface area contributed by atoms with Crippen LogP contribution in [0, 0.1) is 0 Å². The van der Waals surface area contributed by atoms with Crippen LogP contribution in [-0.2, 0) is 13.1 Å². The van der Waals surface area contributed by atoms with E-state index in [0.29, 0.717) is 0 Å². The molecule has 0 radical (unpaired) electrons. The van der Waals surface area contributed by atoms with Gasteiger partial charge in [-0.15, -0.1) is 0 Å². The fraction of sp³-hybridized carbons (Fsp3) is 0.211. The van der Waals surface area contributed by atoms with Crippen LogP contribution in [0.25, 0.3) is 11.1 Å². The Morgan fingerprint density at radius 2 is 1.96 bits per heavy atom. The maximum absolute atomic E-state index is 5.39. The van der Waals surface area contributed by atoms with E-state index in [-0.39, 0.29) is 0 Å². The Bertz CT molecular complexity index is 754. The fourth-order valence-electron chi connectivity index (χ4n) is 2.57. The summed E-state index contributed by atoms with van der Waals surface area (Å²) in [4.78, 5) is 6.58. The van der Waals surface area contributed by atoms with Gasteiger partial charge in [-0.05, 0) is 48.5 Å². The topological polar surface area (TPSA) is 38.5 Å². The second kappa shape index (κ2) is 7.11. The average molecular weight is 308 g/mol. The van der Waals surface area contributed by atoms with Crippen LogP contribution < -0.4 is 4.74 Å². The predicted molar refractivity (Wildman–Crippen MR) is 90.1 cm³/mol. The van der Waals surface area contributed by atoms with E-state index in [1.165, 1.54) is 5.56 Å². The van der Waals surface area contributed by atoms with Crippen molar-refractivity contribution in [3.63, 3.8) is 0 Å². The molecule has 0 amide bonds. The van der Waals surface area contributed by atoms with Crippen LogP contribution in [0.15, 0.2) is 65.5 Å². The number of benzene rings is 1. The second-order valence-electron chi connectivity index (χ2n) is 5.57. The van der Waals surface area contributed by atoms with Crippen molar-refractivity contribution in [2.45, 2.75) is 13.1 Å². The molecule has 0 saturated heterocycles. The highest BCUT2D eigenvalue weighted by molar-refractivity contribution is 5.64. The number of ether oxygens (including phenoxy) is 1. The molecule has 0 saturated carbocycles. The number of aromatic nitrogens is 1. The van der Waals surface area contributed by atoms with Gasteiger partial charge in [0.2, 0.25) is 0 Å². The van der Waals surface area contributed by atoms with E-state index in [9.17, 15) is 0 Å². The minimum atomic E-state index is 0.774. The van der Waals surface area contributed by atoms with Gasteiger partial charge in [0.1, 0.15) is 11.5 Å². The van der Waals surface area contributed by atoms with Gasteiger partial charge in [-0.25, -0.2) is 0 Å². The molecule has 0 fully saturated rings. The molecule has 0 aliphatic rings. The van der Waals surface area contributed by atoms with Gasteiger partial charge in [-0.2, -0.15) is 0 Å². The van der Waals surface area contributed by atoms with Crippen molar-refractivity contribution in [1.82, 2.24) is 9.88 Å². The normalized spacial score (nSPS) is 10.9. The first kappa shape index (κ1) is 15.3. The molecule has 1 aromatic carbocycles. The van der Waals surface area contributed by atoms with Crippen LogP contribution in [0.5, 0.6) is 5.75 Å². The van der Waals surface area contributed by atoms with Crippen molar-refractivity contribution >= 4 is 0 Å². The van der Waals surface area contributed by atoms with E-state index in [0.717, 1.165) is 35.7 Å². The summed E-state index contributed by atoms with van der Waals surface area (Å²) in [5.74, 6) is 1.81. The van der Waals surface area contributed by atoms with Gasteiger partial charge in [0.15, 0.2) is 0 Å². The number of rotatable bonds is 6. The van der Waals surface area contributed by atoms with Gasteiger partial charge in [0.05, 0.1) is 19.9 Å². The molecule has 4 nitrogen and oxygen atoms in total. The van der Waals surface area contributed by atoms with Crippen LogP contribution in [-0.4, -0.2) is 24.0 Å².